The molecule has 3 amide bonds. The number of ether oxygens (including phenoxy) is 1. The first kappa shape index (κ1) is 17.4. The molecule has 0 aliphatic carbocycles. The second-order valence-electron chi connectivity index (χ2n) is 6.26. The maximum Gasteiger partial charge on any atom is 0.286 e. The van der Waals surface area contributed by atoms with Crippen LogP contribution in [-0.2, 0) is 11.2 Å². The normalized spacial score (nSPS) is 21.1. The van der Waals surface area contributed by atoms with Crippen LogP contribution in [0.15, 0.2) is 48.5 Å². The minimum Gasteiger partial charge on any atom is -0.489 e. The van der Waals surface area contributed by atoms with Crippen LogP contribution >= 0.6 is 11.8 Å². The number of amides is 3. The summed E-state index contributed by atoms with van der Waals surface area (Å²) in [6, 6.07) is 14.7. The highest BCUT2D eigenvalue weighted by Gasteiger charge is 2.31. The average molecular weight is 383 g/mol. The van der Waals surface area contributed by atoms with Gasteiger partial charge >= 0.3 is 0 Å². The van der Waals surface area contributed by atoms with Crippen molar-refractivity contribution < 1.29 is 19.1 Å². The predicted octanol–water partition coefficient (Wildman–Crippen LogP) is 2.14. The maximum atomic E-state index is 12.1. The number of carbonyl (C=O) groups is 3. The minimum absolute atomic E-state index is 0.129. The van der Waals surface area contributed by atoms with E-state index in [9.17, 15) is 14.4 Å². The third kappa shape index (κ3) is 3.90. The number of imide groups is 1. The standard InChI is InChI=1S/C19H17N3O4S/c23-17-13-3-1-2-4-14(13)20-16(21-17)10-26-12-7-5-11(6-8-12)9-15-18(24)22-19(25)27-15/h1-8,15-16,20H,9-10H2,(H,21,23)(H,22,24,25). The molecule has 1 saturated heterocycles. The molecule has 0 radical (unpaired) electrons. The van der Waals surface area contributed by atoms with Crippen molar-refractivity contribution in [3.8, 4) is 5.75 Å². The number of fused-ring (bicyclic) bond motifs is 1. The van der Waals surface area contributed by atoms with E-state index in [1.165, 1.54) is 0 Å². The van der Waals surface area contributed by atoms with Crippen LogP contribution in [0.3, 0.4) is 0 Å². The number of carbonyl (C=O) groups excluding carboxylic acids is 3. The summed E-state index contributed by atoms with van der Waals surface area (Å²) >= 11 is 1.02. The summed E-state index contributed by atoms with van der Waals surface area (Å²) in [5, 5.41) is 7.69. The van der Waals surface area contributed by atoms with Crippen LogP contribution < -0.4 is 20.7 Å². The highest BCUT2D eigenvalue weighted by molar-refractivity contribution is 8.15. The van der Waals surface area contributed by atoms with Crippen molar-refractivity contribution in [3.05, 3.63) is 59.7 Å². The van der Waals surface area contributed by atoms with Crippen molar-refractivity contribution in [2.24, 2.45) is 0 Å². The molecule has 0 spiro atoms. The fourth-order valence-electron chi connectivity index (χ4n) is 2.99. The highest BCUT2D eigenvalue weighted by atomic mass is 32.2. The van der Waals surface area contributed by atoms with Gasteiger partial charge in [0, 0.05) is 5.69 Å². The fourth-order valence-corrected chi connectivity index (χ4v) is 3.85. The Morgan fingerprint density at radius 3 is 2.48 bits per heavy atom. The third-order valence-corrected chi connectivity index (χ3v) is 5.32. The van der Waals surface area contributed by atoms with Gasteiger partial charge in [0.2, 0.25) is 5.91 Å². The molecule has 0 aromatic heterocycles. The van der Waals surface area contributed by atoms with Gasteiger partial charge in [-0.2, -0.15) is 0 Å². The summed E-state index contributed by atoms with van der Waals surface area (Å²) in [7, 11) is 0. The number of anilines is 1. The molecule has 2 aromatic rings. The van der Waals surface area contributed by atoms with E-state index in [1.807, 2.05) is 42.5 Å². The lowest BCUT2D eigenvalue weighted by atomic mass is 10.1. The van der Waals surface area contributed by atoms with E-state index in [-0.39, 0.29) is 35.1 Å². The molecule has 27 heavy (non-hydrogen) atoms. The number of para-hydroxylation sites is 1. The predicted molar refractivity (Wildman–Crippen MR) is 102 cm³/mol. The van der Waals surface area contributed by atoms with Crippen molar-refractivity contribution in [1.82, 2.24) is 10.6 Å². The molecule has 138 valence electrons. The Bertz CT molecular complexity index is 900. The van der Waals surface area contributed by atoms with Crippen molar-refractivity contribution in [3.63, 3.8) is 0 Å². The summed E-state index contributed by atoms with van der Waals surface area (Å²) in [5.74, 6) is 0.285. The Morgan fingerprint density at radius 1 is 0.963 bits per heavy atom. The Morgan fingerprint density at radius 2 is 1.74 bits per heavy atom. The van der Waals surface area contributed by atoms with Crippen LogP contribution in [0.1, 0.15) is 15.9 Å². The zero-order valence-corrected chi connectivity index (χ0v) is 15.0. The molecule has 1 fully saturated rings. The highest BCUT2D eigenvalue weighted by Crippen LogP contribution is 2.24. The molecule has 8 heteroatoms. The second-order valence-corrected chi connectivity index (χ2v) is 7.43. The van der Waals surface area contributed by atoms with Gasteiger partial charge in [-0.25, -0.2) is 0 Å². The van der Waals surface area contributed by atoms with E-state index in [0.29, 0.717) is 17.7 Å². The Balaban J connectivity index is 1.32. The number of nitrogens with one attached hydrogen (secondary N) is 3. The third-order valence-electron chi connectivity index (χ3n) is 4.33. The van der Waals surface area contributed by atoms with Crippen molar-refractivity contribution >= 4 is 34.5 Å². The number of benzene rings is 2. The van der Waals surface area contributed by atoms with Gasteiger partial charge < -0.3 is 15.4 Å². The first-order valence-electron chi connectivity index (χ1n) is 8.48. The molecule has 2 unspecified atom stereocenters. The maximum absolute atomic E-state index is 12.1. The van der Waals surface area contributed by atoms with Crippen LogP contribution in [0.5, 0.6) is 5.75 Å². The van der Waals surface area contributed by atoms with E-state index in [0.717, 1.165) is 23.0 Å². The van der Waals surface area contributed by atoms with Crippen LogP contribution in [0.2, 0.25) is 0 Å². The zero-order chi connectivity index (χ0) is 18.8. The Labute approximate surface area is 159 Å². The molecule has 3 N–H and O–H groups in total. The van der Waals surface area contributed by atoms with E-state index in [2.05, 4.69) is 16.0 Å². The quantitative estimate of drug-likeness (QED) is 0.732. The van der Waals surface area contributed by atoms with Crippen molar-refractivity contribution in [2.75, 3.05) is 11.9 Å². The SMILES string of the molecule is O=C1NC(=O)C(Cc2ccc(OCC3NC(=O)c4ccccc4N3)cc2)S1. The topological polar surface area (TPSA) is 96.5 Å². The lowest BCUT2D eigenvalue weighted by Gasteiger charge is -2.27. The molecule has 2 aliphatic rings. The van der Waals surface area contributed by atoms with Crippen LogP contribution in [0.25, 0.3) is 0 Å². The van der Waals surface area contributed by atoms with Crippen LogP contribution in [0, 0.1) is 0 Å². The lowest BCUT2D eigenvalue weighted by Crippen LogP contribution is -2.48. The summed E-state index contributed by atoms with van der Waals surface area (Å²) in [6.45, 7) is 0.273. The average Bonchev–Trinajstić information content (AvgIpc) is 2.98. The molecule has 4 rings (SSSR count). The van der Waals surface area contributed by atoms with Gasteiger partial charge in [0.25, 0.3) is 11.1 Å². The molecule has 0 bridgehead atoms. The van der Waals surface area contributed by atoms with E-state index in [1.54, 1.807) is 6.07 Å². The summed E-state index contributed by atoms with van der Waals surface area (Å²) in [6.07, 6.45) is 0.163. The van der Waals surface area contributed by atoms with Gasteiger partial charge in [-0.1, -0.05) is 36.0 Å². The summed E-state index contributed by atoms with van der Waals surface area (Å²) in [4.78, 5) is 34.9. The molecular weight excluding hydrogens is 366 g/mol. The van der Waals surface area contributed by atoms with Gasteiger partial charge in [0.15, 0.2) is 0 Å². The minimum atomic E-state index is -0.383. The molecule has 2 atom stereocenters. The number of hydrogen-bond donors (Lipinski definition) is 3. The van der Waals surface area contributed by atoms with E-state index < -0.39 is 0 Å². The van der Waals surface area contributed by atoms with Crippen LogP contribution in [-0.4, -0.2) is 35.1 Å². The first-order chi connectivity index (χ1) is 13.1. The summed E-state index contributed by atoms with van der Waals surface area (Å²) < 4.78 is 5.76. The Hall–Kier alpha value is -3.00. The molecular formula is C19H17N3O4S. The number of thioether (sulfide) groups is 1. The fraction of sp³-hybridized carbons (Fsp3) is 0.211. The monoisotopic (exact) mass is 383 g/mol. The van der Waals surface area contributed by atoms with Gasteiger partial charge in [-0.3, -0.25) is 19.7 Å². The second kappa shape index (κ2) is 7.32. The van der Waals surface area contributed by atoms with Gasteiger partial charge in [0.05, 0.1) is 10.8 Å². The molecule has 0 saturated carbocycles. The summed E-state index contributed by atoms with van der Waals surface area (Å²) in [5.41, 5.74) is 2.35. The smallest absolute Gasteiger partial charge is 0.286 e. The Kier molecular flexibility index (Phi) is 4.72. The number of rotatable bonds is 5. The van der Waals surface area contributed by atoms with Gasteiger partial charge in [-0.15, -0.1) is 0 Å². The molecule has 7 nitrogen and oxygen atoms in total. The van der Waals surface area contributed by atoms with Gasteiger partial charge in [-0.05, 0) is 36.2 Å². The lowest BCUT2D eigenvalue weighted by molar-refractivity contribution is -0.118. The van der Waals surface area contributed by atoms with Crippen molar-refractivity contribution in [1.29, 1.82) is 0 Å². The van der Waals surface area contributed by atoms with Gasteiger partial charge in [0.1, 0.15) is 18.5 Å². The molecule has 2 aliphatic heterocycles. The van der Waals surface area contributed by atoms with Crippen LogP contribution in [0.4, 0.5) is 10.5 Å². The number of hydrogen-bond acceptors (Lipinski definition) is 6. The van der Waals surface area contributed by atoms with E-state index >= 15 is 0 Å². The van der Waals surface area contributed by atoms with Crippen molar-refractivity contribution in [2.45, 2.75) is 17.8 Å². The largest absolute Gasteiger partial charge is 0.489 e. The zero-order valence-electron chi connectivity index (χ0n) is 14.2. The first-order valence-corrected chi connectivity index (χ1v) is 9.36. The molecule has 2 aromatic carbocycles. The van der Waals surface area contributed by atoms with E-state index in [4.69, 9.17) is 4.74 Å². The molecule has 2 heterocycles.